The smallest absolute Gasteiger partial charge is 0.251 e. The van der Waals surface area contributed by atoms with Gasteiger partial charge in [0.25, 0.3) is 11.8 Å². The van der Waals surface area contributed by atoms with Gasteiger partial charge < -0.3 is 26.0 Å². The highest BCUT2D eigenvalue weighted by Gasteiger charge is 2.28. The van der Waals surface area contributed by atoms with Crippen molar-refractivity contribution < 1.29 is 29.7 Å². The second kappa shape index (κ2) is 9.74. The van der Waals surface area contributed by atoms with Gasteiger partial charge >= 0.3 is 0 Å². The Hall–Kier alpha value is -5.11. The van der Waals surface area contributed by atoms with E-state index in [4.69, 9.17) is 0 Å². The van der Waals surface area contributed by atoms with Gasteiger partial charge in [-0.05, 0) is 77.2 Å². The second-order valence-corrected chi connectivity index (χ2v) is 9.16. The minimum absolute atomic E-state index is 0.124. The lowest BCUT2D eigenvalue weighted by Gasteiger charge is -2.08. The normalized spacial score (nSPS) is 11.6. The molecule has 1 aliphatic rings. The number of hydrogen-bond acceptors (Lipinski definition) is 6. The van der Waals surface area contributed by atoms with Crippen LogP contribution in [0.3, 0.4) is 0 Å². The van der Waals surface area contributed by atoms with Crippen LogP contribution in [0.15, 0.2) is 72.8 Å². The molecule has 5 rings (SSSR count). The fourth-order valence-electron chi connectivity index (χ4n) is 4.37. The van der Waals surface area contributed by atoms with E-state index >= 15 is 0 Å². The van der Waals surface area contributed by atoms with Crippen LogP contribution >= 0.6 is 0 Å². The molecule has 0 unspecified atom stereocenters. The van der Waals surface area contributed by atoms with E-state index in [2.05, 4.69) is 10.6 Å². The standard InChI is InChI=1S/C30H24N2O6/c1-16-2-3-17(10-26(16)34)14-31-29(37)19-5-7-21-22-8-6-20(13-24(22)28(36)23(21)12-19)30(38)32-15-18-4-9-25(33)27(35)11-18/h2-13,33-35H,14-15H2,1H3,(H,31,37)(H,32,38). The molecular formula is C30H24N2O6. The van der Waals surface area contributed by atoms with Crippen molar-refractivity contribution in [3.8, 4) is 28.4 Å². The van der Waals surface area contributed by atoms with Crippen molar-refractivity contribution in [1.82, 2.24) is 10.6 Å². The highest BCUT2D eigenvalue weighted by atomic mass is 16.3. The molecule has 1 aliphatic carbocycles. The molecule has 0 heterocycles. The number of amides is 2. The van der Waals surface area contributed by atoms with E-state index in [9.17, 15) is 29.7 Å². The Bertz CT molecular complexity index is 1510. The predicted octanol–water partition coefficient (Wildman–Crippen LogP) is 4.18. The number of carbonyl (C=O) groups is 3. The molecule has 0 saturated carbocycles. The molecule has 0 aromatic heterocycles. The lowest BCUT2D eigenvalue weighted by Crippen LogP contribution is -2.23. The van der Waals surface area contributed by atoms with Gasteiger partial charge in [-0.2, -0.15) is 0 Å². The fourth-order valence-corrected chi connectivity index (χ4v) is 4.37. The summed E-state index contributed by atoms with van der Waals surface area (Å²) in [5, 5.41) is 34.5. The van der Waals surface area contributed by atoms with Crippen LogP contribution in [0.1, 0.15) is 53.3 Å². The number of nitrogens with one attached hydrogen (secondary N) is 2. The number of phenols is 3. The fraction of sp³-hybridized carbons (Fsp3) is 0.100. The largest absolute Gasteiger partial charge is 0.508 e. The van der Waals surface area contributed by atoms with Crippen molar-refractivity contribution in [2.24, 2.45) is 0 Å². The van der Waals surface area contributed by atoms with Crippen LogP contribution in [0.25, 0.3) is 11.1 Å². The third-order valence-corrected chi connectivity index (χ3v) is 6.56. The van der Waals surface area contributed by atoms with Gasteiger partial charge in [0.05, 0.1) is 0 Å². The van der Waals surface area contributed by atoms with E-state index in [1.165, 1.54) is 18.2 Å². The summed E-state index contributed by atoms with van der Waals surface area (Å²) in [5.74, 6) is -1.39. The van der Waals surface area contributed by atoms with E-state index in [0.717, 1.165) is 11.1 Å². The molecule has 0 bridgehead atoms. The lowest BCUT2D eigenvalue weighted by molar-refractivity contribution is 0.0943. The Kier molecular flexibility index (Phi) is 6.30. The topological polar surface area (TPSA) is 136 Å². The van der Waals surface area contributed by atoms with Gasteiger partial charge in [-0.15, -0.1) is 0 Å². The third-order valence-electron chi connectivity index (χ3n) is 6.56. The highest BCUT2D eigenvalue weighted by Crippen LogP contribution is 2.37. The molecule has 5 N–H and O–H groups in total. The average molecular weight is 509 g/mol. The number of phenolic OH excluding ortho intramolecular Hbond substituents is 3. The maximum atomic E-state index is 13.2. The van der Waals surface area contributed by atoms with Crippen LogP contribution in [0.5, 0.6) is 17.2 Å². The SMILES string of the molecule is Cc1ccc(CNC(=O)c2ccc3c(c2)C(=O)c2cc(C(=O)NCc4ccc(O)c(O)c4)ccc2-3)cc1O. The Morgan fingerprint density at radius 2 is 1.11 bits per heavy atom. The first kappa shape index (κ1) is 24.6. The van der Waals surface area contributed by atoms with Gasteiger partial charge in [0.2, 0.25) is 0 Å². The molecule has 0 spiro atoms. The van der Waals surface area contributed by atoms with E-state index < -0.39 is 5.91 Å². The van der Waals surface area contributed by atoms with Crippen LogP contribution in [-0.4, -0.2) is 32.9 Å². The molecular weight excluding hydrogens is 484 g/mol. The molecule has 0 atom stereocenters. The minimum atomic E-state index is -0.397. The van der Waals surface area contributed by atoms with Gasteiger partial charge in [-0.1, -0.05) is 30.3 Å². The van der Waals surface area contributed by atoms with Crippen LogP contribution < -0.4 is 10.6 Å². The van der Waals surface area contributed by atoms with E-state index in [-0.39, 0.29) is 42.0 Å². The first-order valence-corrected chi connectivity index (χ1v) is 11.9. The van der Waals surface area contributed by atoms with Crippen molar-refractivity contribution in [3.05, 3.63) is 112 Å². The van der Waals surface area contributed by atoms with Crippen molar-refractivity contribution in [1.29, 1.82) is 0 Å². The summed E-state index contributed by atoms with van der Waals surface area (Å²) < 4.78 is 0. The number of rotatable bonds is 6. The first-order chi connectivity index (χ1) is 18.2. The molecule has 2 amide bonds. The van der Waals surface area contributed by atoms with Crippen molar-refractivity contribution in [2.75, 3.05) is 0 Å². The zero-order chi connectivity index (χ0) is 27.0. The second-order valence-electron chi connectivity index (χ2n) is 9.16. The number of benzene rings is 4. The average Bonchev–Trinajstić information content (AvgIpc) is 3.20. The Morgan fingerprint density at radius 3 is 1.61 bits per heavy atom. The third kappa shape index (κ3) is 4.67. The Balaban J connectivity index is 1.29. The summed E-state index contributed by atoms with van der Waals surface area (Å²) >= 11 is 0. The Morgan fingerprint density at radius 1 is 0.605 bits per heavy atom. The molecule has 0 fully saturated rings. The molecule has 8 nitrogen and oxygen atoms in total. The lowest BCUT2D eigenvalue weighted by atomic mass is 10.0. The van der Waals surface area contributed by atoms with E-state index in [1.807, 2.05) is 6.07 Å². The highest BCUT2D eigenvalue weighted by molar-refractivity contribution is 6.23. The van der Waals surface area contributed by atoms with Gasteiger partial charge in [0.15, 0.2) is 17.3 Å². The molecule has 0 radical (unpaired) electrons. The van der Waals surface area contributed by atoms with Gasteiger partial charge in [0, 0.05) is 35.3 Å². The zero-order valence-electron chi connectivity index (χ0n) is 20.4. The predicted molar refractivity (Wildman–Crippen MR) is 140 cm³/mol. The zero-order valence-corrected chi connectivity index (χ0v) is 20.4. The monoisotopic (exact) mass is 508 g/mol. The van der Waals surface area contributed by atoms with Crippen molar-refractivity contribution >= 4 is 17.6 Å². The first-order valence-electron chi connectivity index (χ1n) is 11.9. The molecule has 8 heteroatoms. The molecule has 4 aromatic rings. The molecule has 190 valence electrons. The maximum Gasteiger partial charge on any atom is 0.251 e. The summed E-state index contributed by atoms with van der Waals surface area (Å²) in [6.07, 6.45) is 0. The molecule has 4 aromatic carbocycles. The maximum absolute atomic E-state index is 13.2. The van der Waals surface area contributed by atoms with Crippen molar-refractivity contribution in [2.45, 2.75) is 20.0 Å². The van der Waals surface area contributed by atoms with E-state index in [1.54, 1.807) is 55.5 Å². The minimum Gasteiger partial charge on any atom is -0.508 e. The number of aryl methyl sites for hydroxylation is 1. The van der Waals surface area contributed by atoms with Gasteiger partial charge in [0.1, 0.15) is 5.75 Å². The molecule has 0 aliphatic heterocycles. The summed E-state index contributed by atoms with van der Waals surface area (Å²) in [4.78, 5) is 38.7. The number of carbonyl (C=O) groups excluding carboxylic acids is 3. The number of aromatic hydroxyl groups is 3. The van der Waals surface area contributed by atoms with Crippen molar-refractivity contribution in [3.63, 3.8) is 0 Å². The molecule has 0 saturated heterocycles. The van der Waals surface area contributed by atoms with Crippen LogP contribution in [-0.2, 0) is 13.1 Å². The summed E-state index contributed by atoms with van der Waals surface area (Å²) in [5.41, 5.74) is 4.87. The Labute approximate surface area is 218 Å². The quantitative estimate of drug-likeness (QED) is 0.218. The number of hydrogen-bond donors (Lipinski definition) is 5. The molecule has 38 heavy (non-hydrogen) atoms. The summed E-state index contributed by atoms with van der Waals surface area (Å²) in [6.45, 7) is 2.13. The van der Waals surface area contributed by atoms with E-state index in [0.29, 0.717) is 38.9 Å². The number of fused-ring (bicyclic) bond motifs is 3. The van der Waals surface area contributed by atoms with Crippen LogP contribution in [0, 0.1) is 6.92 Å². The number of ketones is 1. The summed E-state index contributed by atoms with van der Waals surface area (Å²) in [7, 11) is 0. The van der Waals surface area contributed by atoms with Gasteiger partial charge in [-0.25, -0.2) is 0 Å². The van der Waals surface area contributed by atoms with Crippen LogP contribution in [0.4, 0.5) is 0 Å². The van der Waals surface area contributed by atoms with Gasteiger partial charge in [-0.3, -0.25) is 14.4 Å². The van der Waals surface area contributed by atoms with Crippen LogP contribution in [0.2, 0.25) is 0 Å². The summed E-state index contributed by atoms with van der Waals surface area (Å²) in [6, 6.07) is 19.3.